The minimum atomic E-state index is -4.75. The molecule has 0 radical (unpaired) electrons. The average Bonchev–Trinajstić information content (AvgIpc) is 2.80. The number of alkyl halides is 3. The van der Waals surface area contributed by atoms with Crippen LogP contribution in [0.4, 0.5) is 18.9 Å². The molecule has 3 nitrogen and oxygen atoms in total. The number of anilines is 1. The van der Waals surface area contributed by atoms with Gasteiger partial charge in [0.15, 0.2) is 0 Å². The molecule has 2 aromatic rings. The van der Waals surface area contributed by atoms with Crippen molar-refractivity contribution in [2.75, 3.05) is 5.32 Å². The summed E-state index contributed by atoms with van der Waals surface area (Å²) in [5, 5.41) is 5.87. The lowest BCUT2D eigenvalue weighted by atomic mass is 10.2. The number of thiophene rings is 1. The number of hydrogen-bond acceptors (Lipinski definition) is 3. The highest BCUT2D eigenvalue weighted by Crippen LogP contribution is 2.25. The first-order valence-corrected chi connectivity index (χ1v) is 6.08. The molecule has 0 spiro atoms. The first-order valence-electron chi connectivity index (χ1n) is 5.13. The molecule has 1 aromatic heterocycles. The molecule has 7 heteroatoms. The van der Waals surface area contributed by atoms with Gasteiger partial charge in [-0.1, -0.05) is 6.07 Å². The molecule has 1 amide bonds. The predicted molar refractivity (Wildman–Crippen MR) is 65.4 cm³/mol. The molecule has 1 heterocycles. The lowest BCUT2D eigenvalue weighted by molar-refractivity contribution is -0.274. The Kier molecular flexibility index (Phi) is 3.75. The minimum Gasteiger partial charge on any atom is -0.406 e. The van der Waals surface area contributed by atoms with E-state index < -0.39 is 6.36 Å². The number of rotatable bonds is 3. The van der Waals surface area contributed by atoms with Gasteiger partial charge in [-0.2, -0.15) is 11.3 Å². The zero-order valence-corrected chi connectivity index (χ0v) is 10.2. The topological polar surface area (TPSA) is 38.3 Å². The van der Waals surface area contributed by atoms with E-state index in [9.17, 15) is 18.0 Å². The molecular formula is C12H8F3NO2S. The molecule has 0 aliphatic carbocycles. The molecule has 0 atom stereocenters. The maximum absolute atomic E-state index is 12.1. The van der Waals surface area contributed by atoms with Crippen molar-refractivity contribution in [3.05, 3.63) is 46.7 Å². The highest BCUT2D eigenvalue weighted by molar-refractivity contribution is 7.08. The first-order chi connectivity index (χ1) is 8.94. The fourth-order valence-corrected chi connectivity index (χ4v) is 2.00. The normalized spacial score (nSPS) is 11.1. The summed E-state index contributed by atoms with van der Waals surface area (Å²) in [5.41, 5.74) is 0.685. The van der Waals surface area contributed by atoms with Crippen LogP contribution in [0.3, 0.4) is 0 Å². The highest BCUT2D eigenvalue weighted by atomic mass is 32.1. The van der Waals surface area contributed by atoms with E-state index in [2.05, 4.69) is 10.1 Å². The average molecular weight is 287 g/mol. The molecule has 1 aromatic carbocycles. The Labute approximate surface area is 110 Å². The third-order valence-electron chi connectivity index (χ3n) is 2.11. The van der Waals surface area contributed by atoms with Crippen molar-refractivity contribution in [3.63, 3.8) is 0 Å². The minimum absolute atomic E-state index is 0.234. The van der Waals surface area contributed by atoms with Crippen LogP contribution in [-0.2, 0) is 0 Å². The number of benzene rings is 1. The Morgan fingerprint density at radius 2 is 2.05 bits per heavy atom. The Morgan fingerprint density at radius 3 is 2.68 bits per heavy atom. The summed E-state index contributed by atoms with van der Waals surface area (Å²) in [4.78, 5) is 11.7. The molecule has 0 bridgehead atoms. The van der Waals surface area contributed by atoms with Crippen LogP contribution in [0.2, 0.25) is 0 Å². The standard InChI is InChI=1S/C12H8F3NO2S/c13-12(14,15)18-10-3-1-2-9(6-10)16-11(17)8-4-5-19-7-8/h1-7H,(H,16,17). The van der Waals surface area contributed by atoms with Crippen LogP contribution in [0.5, 0.6) is 5.75 Å². The molecule has 0 aliphatic heterocycles. The van der Waals surface area contributed by atoms with E-state index in [-0.39, 0.29) is 17.3 Å². The van der Waals surface area contributed by atoms with Crippen molar-refractivity contribution in [2.24, 2.45) is 0 Å². The second-order valence-corrected chi connectivity index (χ2v) is 4.32. The second-order valence-electron chi connectivity index (χ2n) is 3.54. The van der Waals surface area contributed by atoms with Crippen LogP contribution in [0.25, 0.3) is 0 Å². The van der Waals surface area contributed by atoms with Gasteiger partial charge in [0.25, 0.3) is 5.91 Å². The van der Waals surface area contributed by atoms with E-state index in [4.69, 9.17) is 0 Å². The van der Waals surface area contributed by atoms with Gasteiger partial charge in [0.2, 0.25) is 0 Å². The highest BCUT2D eigenvalue weighted by Gasteiger charge is 2.31. The van der Waals surface area contributed by atoms with Crippen molar-refractivity contribution in [1.29, 1.82) is 0 Å². The van der Waals surface area contributed by atoms with Crippen LogP contribution in [-0.4, -0.2) is 12.3 Å². The summed E-state index contributed by atoms with van der Waals surface area (Å²) >= 11 is 1.36. The molecule has 2 rings (SSSR count). The zero-order chi connectivity index (χ0) is 13.9. The number of carbonyl (C=O) groups is 1. The predicted octanol–water partition coefficient (Wildman–Crippen LogP) is 3.90. The number of ether oxygens (including phenoxy) is 1. The van der Waals surface area contributed by atoms with E-state index in [1.807, 2.05) is 0 Å². The fourth-order valence-electron chi connectivity index (χ4n) is 1.37. The molecule has 0 aliphatic rings. The molecule has 0 unspecified atom stereocenters. The number of nitrogens with one attached hydrogen (secondary N) is 1. The van der Waals surface area contributed by atoms with Crippen molar-refractivity contribution in [1.82, 2.24) is 0 Å². The quantitative estimate of drug-likeness (QED) is 0.929. The smallest absolute Gasteiger partial charge is 0.406 e. The lowest BCUT2D eigenvalue weighted by Crippen LogP contribution is -2.17. The summed E-state index contributed by atoms with van der Waals surface area (Å²) < 4.78 is 39.9. The van der Waals surface area contributed by atoms with Crippen LogP contribution in [0.1, 0.15) is 10.4 Å². The Bertz CT molecular complexity index is 567. The van der Waals surface area contributed by atoms with Gasteiger partial charge in [-0.05, 0) is 23.6 Å². The SMILES string of the molecule is O=C(Nc1cccc(OC(F)(F)F)c1)c1ccsc1. The summed E-state index contributed by atoms with van der Waals surface area (Å²) in [7, 11) is 0. The zero-order valence-electron chi connectivity index (χ0n) is 9.40. The van der Waals surface area contributed by atoms with Crippen LogP contribution in [0.15, 0.2) is 41.1 Å². The Morgan fingerprint density at radius 1 is 1.26 bits per heavy atom. The van der Waals surface area contributed by atoms with Gasteiger partial charge in [-0.15, -0.1) is 13.2 Å². The largest absolute Gasteiger partial charge is 0.573 e. The molecule has 0 fully saturated rings. The third-order valence-corrected chi connectivity index (χ3v) is 2.79. The second kappa shape index (κ2) is 5.31. The molecule has 19 heavy (non-hydrogen) atoms. The Hall–Kier alpha value is -2.02. The van der Waals surface area contributed by atoms with Crippen molar-refractivity contribution >= 4 is 22.9 Å². The summed E-state index contributed by atoms with van der Waals surface area (Å²) in [6.45, 7) is 0. The number of halogens is 3. The Balaban J connectivity index is 2.09. The van der Waals surface area contributed by atoms with Crippen molar-refractivity contribution in [3.8, 4) is 5.75 Å². The number of amides is 1. The van der Waals surface area contributed by atoms with Crippen LogP contribution in [0, 0.1) is 0 Å². The maximum Gasteiger partial charge on any atom is 0.573 e. The molecule has 0 saturated carbocycles. The van der Waals surface area contributed by atoms with E-state index in [0.717, 1.165) is 12.1 Å². The molecule has 0 saturated heterocycles. The van der Waals surface area contributed by atoms with Crippen molar-refractivity contribution < 1.29 is 22.7 Å². The number of hydrogen-bond donors (Lipinski definition) is 1. The van der Waals surface area contributed by atoms with Crippen LogP contribution < -0.4 is 10.1 Å². The summed E-state index contributed by atoms with van der Waals surface area (Å²) in [6.07, 6.45) is -4.75. The van der Waals surface area contributed by atoms with Gasteiger partial charge in [-0.25, -0.2) is 0 Å². The van der Waals surface area contributed by atoms with Gasteiger partial charge in [0.1, 0.15) is 5.75 Å². The van der Waals surface area contributed by atoms with Gasteiger partial charge in [0.05, 0.1) is 5.56 Å². The third kappa shape index (κ3) is 3.99. The van der Waals surface area contributed by atoms with E-state index in [1.165, 1.54) is 23.5 Å². The van der Waals surface area contributed by atoms with E-state index >= 15 is 0 Å². The van der Waals surface area contributed by atoms with Crippen LogP contribution >= 0.6 is 11.3 Å². The summed E-state index contributed by atoms with van der Waals surface area (Å²) in [6, 6.07) is 6.74. The van der Waals surface area contributed by atoms with E-state index in [0.29, 0.717) is 5.56 Å². The first kappa shape index (κ1) is 13.4. The number of carbonyl (C=O) groups excluding carboxylic acids is 1. The van der Waals surface area contributed by atoms with Gasteiger partial charge < -0.3 is 10.1 Å². The molecule has 1 N–H and O–H groups in total. The molecule has 100 valence electrons. The van der Waals surface area contributed by atoms with E-state index in [1.54, 1.807) is 16.8 Å². The molecular weight excluding hydrogens is 279 g/mol. The van der Waals surface area contributed by atoms with Gasteiger partial charge in [-0.3, -0.25) is 4.79 Å². The summed E-state index contributed by atoms with van der Waals surface area (Å²) in [5.74, 6) is -0.763. The van der Waals surface area contributed by atoms with Crippen molar-refractivity contribution in [2.45, 2.75) is 6.36 Å². The van der Waals surface area contributed by atoms with Gasteiger partial charge in [0, 0.05) is 17.1 Å². The van der Waals surface area contributed by atoms with Gasteiger partial charge >= 0.3 is 6.36 Å². The maximum atomic E-state index is 12.1. The fraction of sp³-hybridized carbons (Fsp3) is 0.0833. The monoisotopic (exact) mass is 287 g/mol. The lowest BCUT2D eigenvalue weighted by Gasteiger charge is -2.10.